The van der Waals surface area contributed by atoms with E-state index < -0.39 is 11.9 Å². The number of halogens is 3. The molecule has 1 amide bonds. The summed E-state index contributed by atoms with van der Waals surface area (Å²) in [4.78, 5) is 19.1. The van der Waals surface area contributed by atoms with Gasteiger partial charge in [-0.2, -0.15) is 13.2 Å². The summed E-state index contributed by atoms with van der Waals surface area (Å²) in [5, 5.41) is 1.96. The molecule has 0 N–H and O–H groups in total. The molecular weight excluding hydrogens is 325 g/mol. The summed E-state index contributed by atoms with van der Waals surface area (Å²) in [5.41, 5.74) is -0.620. The minimum atomic E-state index is -4.50. The van der Waals surface area contributed by atoms with Crippen LogP contribution >= 0.6 is 11.3 Å². The van der Waals surface area contributed by atoms with Gasteiger partial charge in [0, 0.05) is 11.4 Å². The predicted octanol–water partition coefficient (Wildman–Crippen LogP) is 4.45. The first-order valence-electron chi connectivity index (χ1n) is 7.27. The van der Waals surface area contributed by atoms with Gasteiger partial charge in [0.15, 0.2) is 0 Å². The van der Waals surface area contributed by atoms with Crippen molar-refractivity contribution in [2.75, 3.05) is 6.54 Å². The molecule has 1 fully saturated rings. The van der Waals surface area contributed by atoms with Crippen LogP contribution in [0.25, 0.3) is 0 Å². The number of aryl methyl sites for hydroxylation is 1. The highest BCUT2D eigenvalue weighted by atomic mass is 32.1. The molecule has 1 saturated heterocycles. The summed E-state index contributed by atoms with van der Waals surface area (Å²) in [6, 6.07) is 6.03. The molecule has 3 rings (SSSR count). The Morgan fingerprint density at radius 1 is 1.35 bits per heavy atom. The van der Waals surface area contributed by atoms with Crippen LogP contribution in [0.2, 0.25) is 0 Å². The number of aromatic nitrogens is 1. The van der Waals surface area contributed by atoms with Gasteiger partial charge < -0.3 is 4.90 Å². The quantitative estimate of drug-likeness (QED) is 0.809. The molecule has 0 aliphatic carbocycles. The number of alkyl halides is 3. The average molecular weight is 340 g/mol. The first-order chi connectivity index (χ1) is 10.9. The molecule has 0 bridgehead atoms. The van der Waals surface area contributed by atoms with Gasteiger partial charge in [-0.25, -0.2) is 4.98 Å². The molecule has 122 valence electrons. The van der Waals surface area contributed by atoms with Crippen LogP contribution in [0.1, 0.15) is 45.5 Å². The Morgan fingerprint density at radius 3 is 2.74 bits per heavy atom. The zero-order valence-corrected chi connectivity index (χ0v) is 13.2. The summed E-state index contributed by atoms with van der Waals surface area (Å²) in [6.45, 7) is 2.06. The maximum Gasteiger partial charge on any atom is 0.433 e. The van der Waals surface area contributed by atoms with Crippen molar-refractivity contribution >= 4 is 17.2 Å². The second-order valence-corrected chi connectivity index (χ2v) is 6.48. The number of hydrogen-bond donors (Lipinski definition) is 0. The zero-order valence-electron chi connectivity index (χ0n) is 12.4. The van der Waals surface area contributed by atoms with E-state index in [9.17, 15) is 18.0 Å². The van der Waals surface area contributed by atoms with Crippen LogP contribution in [0, 0.1) is 6.92 Å². The minimum Gasteiger partial charge on any atom is -0.331 e. The van der Waals surface area contributed by atoms with Crippen molar-refractivity contribution in [1.82, 2.24) is 9.88 Å². The number of thiophene rings is 1. The standard InChI is InChI=1S/C16H15F3N2OS/c1-10-11(6-7-14(20-10)16(17,18)19)15(22)21-8-2-4-12(21)13-5-3-9-23-13/h3,5-7,9,12H,2,4,8H2,1H3. The van der Waals surface area contributed by atoms with Gasteiger partial charge in [-0.1, -0.05) is 6.07 Å². The first-order valence-corrected chi connectivity index (χ1v) is 8.15. The molecule has 0 aromatic carbocycles. The minimum absolute atomic E-state index is 0.00388. The number of pyridine rings is 1. The van der Waals surface area contributed by atoms with Gasteiger partial charge in [-0.05, 0) is 43.3 Å². The van der Waals surface area contributed by atoms with Crippen molar-refractivity contribution < 1.29 is 18.0 Å². The summed E-state index contributed by atoms with van der Waals surface area (Å²) in [7, 11) is 0. The molecule has 3 nitrogen and oxygen atoms in total. The fraction of sp³-hybridized carbons (Fsp3) is 0.375. The Bertz CT molecular complexity index is 713. The van der Waals surface area contributed by atoms with E-state index in [0.29, 0.717) is 6.54 Å². The third kappa shape index (κ3) is 3.10. The van der Waals surface area contributed by atoms with Gasteiger partial charge >= 0.3 is 6.18 Å². The number of hydrogen-bond acceptors (Lipinski definition) is 3. The summed E-state index contributed by atoms with van der Waals surface area (Å²) in [5.74, 6) is -0.250. The molecule has 1 atom stereocenters. The van der Waals surface area contributed by atoms with Crippen LogP contribution in [-0.2, 0) is 6.18 Å². The van der Waals surface area contributed by atoms with E-state index in [1.54, 1.807) is 16.2 Å². The predicted molar refractivity (Wildman–Crippen MR) is 81.3 cm³/mol. The zero-order chi connectivity index (χ0) is 16.6. The van der Waals surface area contributed by atoms with Gasteiger partial charge in [0.2, 0.25) is 0 Å². The lowest BCUT2D eigenvalue weighted by atomic mass is 10.1. The summed E-state index contributed by atoms with van der Waals surface area (Å²) >= 11 is 1.59. The van der Waals surface area contributed by atoms with E-state index in [-0.39, 0.29) is 23.2 Å². The molecule has 23 heavy (non-hydrogen) atoms. The highest BCUT2D eigenvalue weighted by Gasteiger charge is 2.35. The van der Waals surface area contributed by atoms with Crippen molar-refractivity contribution in [2.24, 2.45) is 0 Å². The van der Waals surface area contributed by atoms with Crippen molar-refractivity contribution in [3.8, 4) is 0 Å². The average Bonchev–Trinajstić information content (AvgIpc) is 3.16. The number of carbonyl (C=O) groups is 1. The third-order valence-corrected chi connectivity index (χ3v) is 4.97. The van der Waals surface area contributed by atoms with E-state index >= 15 is 0 Å². The van der Waals surface area contributed by atoms with Crippen molar-refractivity contribution in [3.63, 3.8) is 0 Å². The van der Waals surface area contributed by atoms with Gasteiger partial charge in [0.25, 0.3) is 5.91 Å². The van der Waals surface area contributed by atoms with Crippen LogP contribution in [0.15, 0.2) is 29.6 Å². The lowest BCUT2D eigenvalue weighted by molar-refractivity contribution is -0.141. The van der Waals surface area contributed by atoms with E-state index in [1.807, 2.05) is 17.5 Å². The molecule has 7 heteroatoms. The van der Waals surface area contributed by atoms with Gasteiger partial charge in [0.05, 0.1) is 17.3 Å². The lowest BCUT2D eigenvalue weighted by Crippen LogP contribution is -2.31. The lowest BCUT2D eigenvalue weighted by Gasteiger charge is -2.24. The Kier molecular flexibility index (Phi) is 4.14. The highest BCUT2D eigenvalue weighted by molar-refractivity contribution is 7.10. The summed E-state index contributed by atoms with van der Waals surface area (Å²) < 4.78 is 38.1. The number of rotatable bonds is 2. The smallest absolute Gasteiger partial charge is 0.331 e. The third-order valence-electron chi connectivity index (χ3n) is 3.99. The second-order valence-electron chi connectivity index (χ2n) is 5.50. The van der Waals surface area contributed by atoms with Crippen LogP contribution in [0.5, 0.6) is 0 Å². The Morgan fingerprint density at radius 2 is 2.13 bits per heavy atom. The van der Waals surface area contributed by atoms with Gasteiger partial charge in [0.1, 0.15) is 5.69 Å². The number of carbonyl (C=O) groups excluding carboxylic acids is 1. The van der Waals surface area contributed by atoms with Crippen LogP contribution in [0.4, 0.5) is 13.2 Å². The molecular formula is C16H15F3N2OS. The molecule has 2 aromatic heterocycles. The van der Waals surface area contributed by atoms with E-state index in [1.165, 1.54) is 13.0 Å². The second kappa shape index (κ2) is 5.96. The Hall–Kier alpha value is -1.89. The molecule has 0 radical (unpaired) electrons. The van der Waals surface area contributed by atoms with Crippen LogP contribution in [-0.4, -0.2) is 22.3 Å². The number of nitrogens with zero attached hydrogens (tertiary/aromatic N) is 2. The van der Waals surface area contributed by atoms with Crippen LogP contribution in [0.3, 0.4) is 0 Å². The summed E-state index contributed by atoms with van der Waals surface area (Å²) in [6.07, 6.45) is -2.74. The van der Waals surface area contributed by atoms with Crippen molar-refractivity contribution in [2.45, 2.75) is 32.0 Å². The molecule has 3 heterocycles. The first kappa shape index (κ1) is 16.0. The highest BCUT2D eigenvalue weighted by Crippen LogP contribution is 2.36. The maximum absolute atomic E-state index is 12.7. The fourth-order valence-electron chi connectivity index (χ4n) is 2.89. The molecule has 0 spiro atoms. The Balaban J connectivity index is 1.88. The number of amides is 1. The SMILES string of the molecule is Cc1nc(C(F)(F)F)ccc1C(=O)N1CCCC1c1cccs1. The maximum atomic E-state index is 12.7. The molecule has 1 aliphatic rings. The fourth-order valence-corrected chi connectivity index (χ4v) is 3.76. The molecule has 1 aliphatic heterocycles. The van der Waals surface area contributed by atoms with E-state index in [2.05, 4.69) is 4.98 Å². The normalized spacial score (nSPS) is 18.4. The van der Waals surface area contributed by atoms with Gasteiger partial charge in [-0.15, -0.1) is 11.3 Å². The topological polar surface area (TPSA) is 33.2 Å². The number of likely N-dealkylation sites (tertiary alicyclic amines) is 1. The van der Waals surface area contributed by atoms with E-state index in [4.69, 9.17) is 0 Å². The Labute approximate surface area is 135 Å². The monoisotopic (exact) mass is 340 g/mol. The van der Waals surface area contributed by atoms with Crippen LogP contribution < -0.4 is 0 Å². The van der Waals surface area contributed by atoms with Crippen molar-refractivity contribution in [1.29, 1.82) is 0 Å². The molecule has 1 unspecified atom stereocenters. The van der Waals surface area contributed by atoms with E-state index in [0.717, 1.165) is 23.8 Å². The molecule has 2 aromatic rings. The largest absolute Gasteiger partial charge is 0.433 e. The molecule has 0 saturated carbocycles. The van der Waals surface area contributed by atoms with Crippen molar-refractivity contribution in [3.05, 3.63) is 51.5 Å². The van der Waals surface area contributed by atoms with Gasteiger partial charge in [-0.3, -0.25) is 4.79 Å².